The van der Waals surface area contributed by atoms with Crippen LogP contribution in [0, 0.1) is 11.8 Å². The highest BCUT2D eigenvalue weighted by molar-refractivity contribution is 5.84. The zero-order valence-electron chi connectivity index (χ0n) is 11.5. The SMILES string of the molecule is Nc1c(-c2ccccc2F)cc(F)nc1N1CCC(F)(F)C1. The average molecular weight is 311 g/mol. The first-order valence-corrected chi connectivity index (χ1v) is 6.71. The number of aromatic nitrogens is 1. The summed E-state index contributed by atoms with van der Waals surface area (Å²) in [6.45, 7) is -0.561. The van der Waals surface area contributed by atoms with Crippen LogP contribution in [0.25, 0.3) is 11.1 Å². The molecule has 0 atom stereocenters. The molecule has 0 amide bonds. The summed E-state index contributed by atoms with van der Waals surface area (Å²) in [4.78, 5) is 4.84. The third-order valence-corrected chi connectivity index (χ3v) is 3.64. The number of pyridine rings is 1. The third-order valence-electron chi connectivity index (χ3n) is 3.64. The summed E-state index contributed by atoms with van der Waals surface area (Å²) in [5, 5.41) is 0. The number of nitrogens with zero attached hydrogens (tertiary/aromatic N) is 2. The van der Waals surface area contributed by atoms with Crippen molar-refractivity contribution in [3.05, 3.63) is 42.1 Å². The molecule has 1 aromatic heterocycles. The zero-order valence-corrected chi connectivity index (χ0v) is 11.5. The summed E-state index contributed by atoms with van der Waals surface area (Å²) in [5.74, 6) is -4.40. The number of halogens is 4. The molecule has 2 heterocycles. The van der Waals surface area contributed by atoms with Crippen molar-refractivity contribution < 1.29 is 17.6 Å². The Labute approximate surface area is 124 Å². The van der Waals surface area contributed by atoms with E-state index in [2.05, 4.69) is 4.98 Å². The van der Waals surface area contributed by atoms with Crippen molar-refractivity contribution in [1.82, 2.24) is 4.98 Å². The largest absolute Gasteiger partial charge is 0.395 e. The Morgan fingerprint density at radius 3 is 2.50 bits per heavy atom. The summed E-state index contributed by atoms with van der Waals surface area (Å²) in [5.41, 5.74) is 6.14. The fourth-order valence-corrected chi connectivity index (χ4v) is 2.57. The highest BCUT2D eigenvalue weighted by Crippen LogP contribution is 2.38. The molecule has 3 nitrogen and oxygen atoms in total. The average Bonchev–Trinajstić information content (AvgIpc) is 2.82. The van der Waals surface area contributed by atoms with Gasteiger partial charge in [-0.3, -0.25) is 0 Å². The van der Waals surface area contributed by atoms with Gasteiger partial charge in [0.15, 0.2) is 5.82 Å². The van der Waals surface area contributed by atoms with E-state index in [1.165, 1.54) is 23.1 Å². The number of nitrogen functional groups attached to an aromatic ring is 1. The van der Waals surface area contributed by atoms with Crippen LogP contribution in [0.15, 0.2) is 30.3 Å². The molecule has 116 valence electrons. The number of alkyl halides is 2. The summed E-state index contributed by atoms with van der Waals surface area (Å²) >= 11 is 0. The van der Waals surface area contributed by atoms with Gasteiger partial charge < -0.3 is 10.6 Å². The second-order valence-corrected chi connectivity index (χ2v) is 5.24. The first-order chi connectivity index (χ1) is 10.4. The molecule has 22 heavy (non-hydrogen) atoms. The van der Waals surface area contributed by atoms with Crippen molar-refractivity contribution >= 4 is 11.5 Å². The second kappa shape index (κ2) is 5.15. The predicted molar refractivity (Wildman–Crippen MR) is 75.8 cm³/mol. The normalized spacial score (nSPS) is 17.0. The van der Waals surface area contributed by atoms with Gasteiger partial charge in [-0.05, 0) is 6.07 Å². The van der Waals surface area contributed by atoms with Crippen molar-refractivity contribution in [2.75, 3.05) is 23.7 Å². The van der Waals surface area contributed by atoms with E-state index in [9.17, 15) is 17.6 Å². The first kappa shape index (κ1) is 14.6. The lowest BCUT2D eigenvalue weighted by molar-refractivity contribution is 0.0256. The fraction of sp³-hybridized carbons (Fsp3) is 0.267. The maximum absolute atomic E-state index is 13.9. The number of hydrogen-bond acceptors (Lipinski definition) is 3. The van der Waals surface area contributed by atoms with E-state index in [4.69, 9.17) is 5.73 Å². The Morgan fingerprint density at radius 1 is 1.14 bits per heavy atom. The van der Waals surface area contributed by atoms with Gasteiger partial charge >= 0.3 is 0 Å². The van der Waals surface area contributed by atoms with Crippen LogP contribution in [0.5, 0.6) is 0 Å². The molecule has 1 saturated heterocycles. The monoisotopic (exact) mass is 311 g/mol. The summed E-state index contributed by atoms with van der Waals surface area (Å²) in [6.07, 6.45) is -0.348. The lowest BCUT2D eigenvalue weighted by atomic mass is 10.0. The molecule has 7 heteroatoms. The molecule has 2 N–H and O–H groups in total. The zero-order chi connectivity index (χ0) is 15.9. The van der Waals surface area contributed by atoms with Gasteiger partial charge in [0.25, 0.3) is 5.92 Å². The molecule has 2 aromatic rings. The molecule has 0 saturated carbocycles. The van der Waals surface area contributed by atoms with Crippen LogP contribution < -0.4 is 10.6 Å². The number of hydrogen-bond donors (Lipinski definition) is 1. The van der Waals surface area contributed by atoms with Gasteiger partial charge in [-0.1, -0.05) is 18.2 Å². The van der Waals surface area contributed by atoms with Crippen molar-refractivity contribution in [2.24, 2.45) is 0 Å². The van der Waals surface area contributed by atoms with Gasteiger partial charge in [-0.2, -0.15) is 4.39 Å². The topological polar surface area (TPSA) is 42.1 Å². The van der Waals surface area contributed by atoms with E-state index < -0.39 is 24.2 Å². The van der Waals surface area contributed by atoms with E-state index in [1.54, 1.807) is 6.07 Å². The molecule has 0 unspecified atom stereocenters. The van der Waals surface area contributed by atoms with Gasteiger partial charge in [0, 0.05) is 30.2 Å². The Balaban J connectivity index is 2.09. The molecule has 1 aliphatic heterocycles. The minimum Gasteiger partial charge on any atom is -0.395 e. The molecular formula is C15H13F4N3. The lowest BCUT2D eigenvalue weighted by Gasteiger charge is -2.20. The standard InChI is InChI=1S/C15H13F4N3/c16-11-4-2-1-3-9(11)10-7-12(17)21-14(13(10)20)22-6-5-15(18,19)8-22/h1-4,7H,5-6,8,20H2. The Hall–Kier alpha value is -2.31. The number of nitrogens with two attached hydrogens (primary N) is 1. The summed E-state index contributed by atoms with van der Waals surface area (Å²) < 4.78 is 54.3. The van der Waals surface area contributed by atoms with Gasteiger partial charge in [-0.25, -0.2) is 18.2 Å². The van der Waals surface area contributed by atoms with E-state index in [0.717, 1.165) is 6.07 Å². The number of anilines is 2. The summed E-state index contributed by atoms with van der Waals surface area (Å²) in [6, 6.07) is 6.75. The van der Waals surface area contributed by atoms with Gasteiger partial charge in [0.1, 0.15) is 5.82 Å². The first-order valence-electron chi connectivity index (χ1n) is 6.71. The maximum atomic E-state index is 13.9. The second-order valence-electron chi connectivity index (χ2n) is 5.24. The van der Waals surface area contributed by atoms with E-state index in [-0.39, 0.29) is 35.6 Å². The van der Waals surface area contributed by atoms with Crippen LogP contribution >= 0.6 is 0 Å². The van der Waals surface area contributed by atoms with Gasteiger partial charge in [0.05, 0.1) is 12.2 Å². The number of rotatable bonds is 2. The fourth-order valence-electron chi connectivity index (χ4n) is 2.57. The molecule has 1 aliphatic rings. The van der Waals surface area contributed by atoms with Gasteiger partial charge in [-0.15, -0.1) is 0 Å². The Morgan fingerprint density at radius 2 is 1.86 bits per heavy atom. The van der Waals surface area contributed by atoms with Crippen molar-refractivity contribution in [1.29, 1.82) is 0 Å². The van der Waals surface area contributed by atoms with E-state index in [0.29, 0.717) is 0 Å². The highest BCUT2D eigenvalue weighted by atomic mass is 19.3. The molecule has 0 spiro atoms. The molecule has 1 aromatic carbocycles. The third kappa shape index (κ3) is 2.58. The van der Waals surface area contributed by atoms with Crippen LogP contribution in [0.3, 0.4) is 0 Å². The van der Waals surface area contributed by atoms with Crippen LogP contribution in [0.4, 0.5) is 29.1 Å². The summed E-state index contributed by atoms with van der Waals surface area (Å²) in [7, 11) is 0. The minimum atomic E-state index is -2.86. The van der Waals surface area contributed by atoms with E-state index in [1.807, 2.05) is 0 Å². The molecular weight excluding hydrogens is 298 g/mol. The molecule has 0 aliphatic carbocycles. The Bertz CT molecular complexity index is 718. The molecule has 1 fully saturated rings. The maximum Gasteiger partial charge on any atom is 0.266 e. The minimum absolute atomic E-state index is 0.01000. The van der Waals surface area contributed by atoms with Crippen molar-refractivity contribution in [2.45, 2.75) is 12.3 Å². The van der Waals surface area contributed by atoms with Crippen molar-refractivity contribution in [3.8, 4) is 11.1 Å². The van der Waals surface area contributed by atoms with Crippen molar-refractivity contribution in [3.63, 3.8) is 0 Å². The molecule has 0 bridgehead atoms. The smallest absolute Gasteiger partial charge is 0.266 e. The van der Waals surface area contributed by atoms with E-state index >= 15 is 0 Å². The quantitative estimate of drug-likeness (QED) is 0.682. The highest BCUT2D eigenvalue weighted by Gasteiger charge is 2.39. The van der Waals surface area contributed by atoms with Crippen LogP contribution in [-0.4, -0.2) is 24.0 Å². The van der Waals surface area contributed by atoms with Crippen LogP contribution in [0.2, 0.25) is 0 Å². The number of benzene rings is 1. The van der Waals surface area contributed by atoms with Gasteiger partial charge in [0.2, 0.25) is 5.95 Å². The molecule has 3 rings (SSSR count). The Kier molecular flexibility index (Phi) is 3.42. The molecule has 0 radical (unpaired) electrons. The van der Waals surface area contributed by atoms with Crippen LogP contribution in [-0.2, 0) is 0 Å². The predicted octanol–water partition coefficient (Wildman–Crippen LogP) is 3.45. The lowest BCUT2D eigenvalue weighted by Crippen LogP contribution is -2.26. The van der Waals surface area contributed by atoms with Crippen LogP contribution in [0.1, 0.15) is 6.42 Å².